The van der Waals surface area contributed by atoms with Gasteiger partial charge in [-0.05, 0) is 61.8 Å². The molecule has 0 radical (unpaired) electrons. The first kappa shape index (κ1) is 22.5. The molecular formula is C24H36O4. The van der Waals surface area contributed by atoms with E-state index in [0.717, 1.165) is 43.4 Å². The second-order valence-electron chi connectivity index (χ2n) is 7.83. The van der Waals surface area contributed by atoms with E-state index >= 15 is 0 Å². The van der Waals surface area contributed by atoms with Crippen LogP contribution in [0.4, 0.5) is 0 Å². The number of unbranched alkanes of at least 4 members (excludes halogenated alkanes) is 5. The number of hydrogen-bond acceptors (Lipinski definition) is 3. The maximum atomic E-state index is 10.5. The van der Waals surface area contributed by atoms with Crippen molar-refractivity contribution < 1.29 is 19.4 Å². The quantitative estimate of drug-likeness (QED) is 0.328. The lowest BCUT2D eigenvalue weighted by Gasteiger charge is -2.28. The van der Waals surface area contributed by atoms with Crippen molar-refractivity contribution in [1.29, 1.82) is 0 Å². The number of carboxylic acids is 1. The molecule has 0 aliphatic heterocycles. The SMILES string of the molecule is CCCCCCCCOC1CCC(COc2ccc(/C=C/C(=O)O)cc2)CC1. The largest absolute Gasteiger partial charge is 0.493 e. The Bertz CT molecular complexity index is 571. The van der Waals surface area contributed by atoms with Crippen LogP contribution in [0.25, 0.3) is 6.08 Å². The third-order valence-electron chi connectivity index (χ3n) is 5.43. The lowest BCUT2D eigenvalue weighted by Crippen LogP contribution is -2.25. The number of ether oxygens (including phenoxy) is 2. The third-order valence-corrected chi connectivity index (χ3v) is 5.43. The maximum Gasteiger partial charge on any atom is 0.328 e. The van der Waals surface area contributed by atoms with Crippen molar-refractivity contribution in [3.63, 3.8) is 0 Å². The molecule has 0 atom stereocenters. The number of aliphatic carboxylic acids is 1. The normalized spacial score (nSPS) is 19.8. The van der Waals surface area contributed by atoms with Crippen molar-refractivity contribution in [2.75, 3.05) is 13.2 Å². The molecule has 4 nitrogen and oxygen atoms in total. The molecule has 0 bridgehead atoms. The molecule has 1 aliphatic rings. The van der Waals surface area contributed by atoms with Crippen LogP contribution in [0.1, 0.15) is 76.7 Å². The molecule has 0 saturated heterocycles. The Morgan fingerprint density at radius 2 is 1.71 bits per heavy atom. The van der Waals surface area contributed by atoms with Crippen LogP contribution < -0.4 is 4.74 Å². The monoisotopic (exact) mass is 388 g/mol. The summed E-state index contributed by atoms with van der Waals surface area (Å²) >= 11 is 0. The van der Waals surface area contributed by atoms with Gasteiger partial charge in [-0.2, -0.15) is 0 Å². The Morgan fingerprint density at radius 3 is 2.39 bits per heavy atom. The summed E-state index contributed by atoms with van der Waals surface area (Å²) in [5.74, 6) is 0.501. The highest BCUT2D eigenvalue weighted by atomic mass is 16.5. The Hall–Kier alpha value is -1.81. The molecule has 0 unspecified atom stereocenters. The summed E-state index contributed by atoms with van der Waals surface area (Å²) in [4.78, 5) is 10.5. The van der Waals surface area contributed by atoms with Crippen molar-refractivity contribution in [3.8, 4) is 5.75 Å². The summed E-state index contributed by atoms with van der Waals surface area (Å²) in [6.45, 7) is 3.91. The first-order valence-electron chi connectivity index (χ1n) is 10.9. The van der Waals surface area contributed by atoms with Crippen molar-refractivity contribution in [2.45, 2.75) is 77.2 Å². The van der Waals surface area contributed by atoms with E-state index in [0.29, 0.717) is 12.0 Å². The Kier molecular flexibility index (Phi) is 10.7. The molecule has 0 aromatic heterocycles. The molecule has 0 spiro atoms. The first-order valence-corrected chi connectivity index (χ1v) is 10.9. The van der Waals surface area contributed by atoms with Crippen LogP contribution >= 0.6 is 0 Å². The Labute approximate surface area is 169 Å². The van der Waals surface area contributed by atoms with Crippen LogP contribution in [0.5, 0.6) is 5.75 Å². The van der Waals surface area contributed by atoms with Crippen LogP contribution in [0.3, 0.4) is 0 Å². The average molecular weight is 389 g/mol. The minimum absolute atomic E-state index is 0.437. The van der Waals surface area contributed by atoms with E-state index in [1.165, 1.54) is 51.4 Å². The lowest BCUT2D eigenvalue weighted by atomic mass is 9.88. The second-order valence-corrected chi connectivity index (χ2v) is 7.83. The highest BCUT2D eigenvalue weighted by Crippen LogP contribution is 2.27. The Morgan fingerprint density at radius 1 is 1.04 bits per heavy atom. The standard InChI is InChI=1S/C24H36O4/c1-2-3-4-5-6-7-18-27-22-15-10-21(11-16-22)19-28-23-13-8-20(9-14-23)12-17-24(25)26/h8-9,12-14,17,21-22H,2-7,10-11,15-16,18-19H2,1H3,(H,25,26)/b17-12+. The van der Waals surface area contributed by atoms with Gasteiger partial charge in [0.15, 0.2) is 0 Å². The summed E-state index contributed by atoms with van der Waals surface area (Å²) in [7, 11) is 0. The highest BCUT2D eigenvalue weighted by molar-refractivity contribution is 5.85. The lowest BCUT2D eigenvalue weighted by molar-refractivity contribution is -0.131. The van der Waals surface area contributed by atoms with E-state index < -0.39 is 5.97 Å². The molecular weight excluding hydrogens is 352 g/mol. The summed E-state index contributed by atoms with van der Waals surface area (Å²) in [5, 5.41) is 8.66. The van der Waals surface area contributed by atoms with Crippen LogP contribution in [0.2, 0.25) is 0 Å². The van der Waals surface area contributed by atoms with E-state index in [-0.39, 0.29) is 0 Å². The molecule has 0 amide bonds. The fourth-order valence-electron chi connectivity index (χ4n) is 3.65. The molecule has 1 aliphatic carbocycles. The molecule has 28 heavy (non-hydrogen) atoms. The van der Waals surface area contributed by atoms with Gasteiger partial charge in [0, 0.05) is 12.7 Å². The minimum atomic E-state index is -0.938. The van der Waals surface area contributed by atoms with Crippen LogP contribution in [0, 0.1) is 5.92 Å². The van der Waals surface area contributed by atoms with Gasteiger partial charge in [-0.25, -0.2) is 4.79 Å². The van der Waals surface area contributed by atoms with Gasteiger partial charge in [0.05, 0.1) is 12.7 Å². The van der Waals surface area contributed by atoms with E-state index in [4.69, 9.17) is 14.6 Å². The number of carbonyl (C=O) groups is 1. The van der Waals surface area contributed by atoms with Crippen molar-refractivity contribution in [2.24, 2.45) is 5.92 Å². The van der Waals surface area contributed by atoms with Gasteiger partial charge in [0.1, 0.15) is 5.75 Å². The summed E-state index contributed by atoms with van der Waals surface area (Å²) in [6, 6.07) is 7.55. The van der Waals surface area contributed by atoms with Crippen LogP contribution in [-0.4, -0.2) is 30.4 Å². The second kappa shape index (κ2) is 13.4. The molecule has 0 heterocycles. The van der Waals surface area contributed by atoms with Crippen molar-refractivity contribution in [3.05, 3.63) is 35.9 Å². The van der Waals surface area contributed by atoms with Crippen molar-refractivity contribution >= 4 is 12.0 Å². The number of rotatable bonds is 13. The molecule has 4 heteroatoms. The van der Waals surface area contributed by atoms with Crippen molar-refractivity contribution in [1.82, 2.24) is 0 Å². The summed E-state index contributed by atoms with van der Waals surface area (Å²) < 4.78 is 12.0. The topological polar surface area (TPSA) is 55.8 Å². The van der Waals surface area contributed by atoms with E-state index in [1.54, 1.807) is 6.08 Å². The van der Waals surface area contributed by atoms with E-state index in [9.17, 15) is 4.79 Å². The zero-order chi connectivity index (χ0) is 20.0. The zero-order valence-corrected chi connectivity index (χ0v) is 17.3. The number of benzene rings is 1. The maximum absolute atomic E-state index is 10.5. The zero-order valence-electron chi connectivity index (χ0n) is 17.3. The third kappa shape index (κ3) is 9.41. The molecule has 1 saturated carbocycles. The fourth-order valence-corrected chi connectivity index (χ4v) is 3.65. The van der Waals surface area contributed by atoms with Crippen LogP contribution in [0.15, 0.2) is 30.3 Å². The molecule has 1 fully saturated rings. The minimum Gasteiger partial charge on any atom is -0.493 e. The molecule has 156 valence electrons. The van der Waals surface area contributed by atoms with E-state index in [2.05, 4.69) is 6.92 Å². The summed E-state index contributed by atoms with van der Waals surface area (Å²) in [6.07, 6.45) is 15.7. The van der Waals surface area contributed by atoms with Gasteiger partial charge < -0.3 is 14.6 Å². The smallest absolute Gasteiger partial charge is 0.328 e. The number of carboxylic acid groups (broad SMARTS) is 1. The van der Waals surface area contributed by atoms with E-state index in [1.807, 2.05) is 24.3 Å². The summed E-state index contributed by atoms with van der Waals surface area (Å²) in [5.41, 5.74) is 0.859. The highest BCUT2D eigenvalue weighted by Gasteiger charge is 2.22. The van der Waals surface area contributed by atoms with Gasteiger partial charge in [0.2, 0.25) is 0 Å². The predicted molar refractivity (Wildman–Crippen MR) is 114 cm³/mol. The molecule has 1 N–H and O–H groups in total. The Balaban J connectivity index is 1.55. The van der Waals surface area contributed by atoms with Gasteiger partial charge in [-0.3, -0.25) is 0 Å². The fraction of sp³-hybridized carbons (Fsp3) is 0.625. The molecule has 2 rings (SSSR count). The predicted octanol–water partition coefficient (Wildman–Crippen LogP) is 6.10. The number of hydrogen-bond donors (Lipinski definition) is 1. The van der Waals surface area contributed by atoms with Crippen LogP contribution in [-0.2, 0) is 9.53 Å². The van der Waals surface area contributed by atoms with Gasteiger partial charge in [-0.15, -0.1) is 0 Å². The molecule has 1 aromatic rings. The van der Waals surface area contributed by atoms with Gasteiger partial charge in [0.25, 0.3) is 0 Å². The van der Waals surface area contributed by atoms with Gasteiger partial charge in [-0.1, -0.05) is 51.2 Å². The first-order chi connectivity index (χ1) is 13.7. The van der Waals surface area contributed by atoms with Gasteiger partial charge >= 0.3 is 5.97 Å². The molecule has 1 aromatic carbocycles. The average Bonchev–Trinajstić information content (AvgIpc) is 2.71.